The first-order valence-corrected chi connectivity index (χ1v) is 6.73. The summed E-state index contributed by atoms with van der Waals surface area (Å²) in [5, 5.41) is 0.465. The average Bonchev–Trinajstić information content (AvgIpc) is 2.97. The molecule has 19 heavy (non-hydrogen) atoms. The quantitative estimate of drug-likeness (QED) is 0.875. The maximum atomic E-state index is 12.3. The lowest BCUT2D eigenvalue weighted by molar-refractivity contribution is -0.138. The zero-order valence-electron chi connectivity index (χ0n) is 10.3. The molecule has 1 heterocycles. The maximum Gasteiger partial charge on any atom is 0.390 e. The molecule has 0 aliphatic heterocycles. The SMILES string of the molecule is Cl.Nc1ncc(CN(CCC(F)(F)F)CC2CC2)s1. The smallest absolute Gasteiger partial charge is 0.375 e. The number of hydrogen-bond donors (Lipinski definition) is 1. The molecule has 0 amide bonds. The van der Waals surface area contributed by atoms with Gasteiger partial charge in [-0.25, -0.2) is 4.98 Å². The van der Waals surface area contributed by atoms with Gasteiger partial charge in [0.05, 0.1) is 6.42 Å². The Morgan fingerprint density at radius 2 is 2.11 bits per heavy atom. The summed E-state index contributed by atoms with van der Waals surface area (Å²) in [5.41, 5.74) is 5.52. The molecular formula is C11H17ClF3N3S. The Bertz CT molecular complexity index is 393. The molecule has 0 unspecified atom stereocenters. The van der Waals surface area contributed by atoms with E-state index in [2.05, 4.69) is 4.98 Å². The van der Waals surface area contributed by atoms with Crippen LogP contribution in [0.4, 0.5) is 18.3 Å². The van der Waals surface area contributed by atoms with Crippen molar-refractivity contribution in [3.05, 3.63) is 11.1 Å². The first kappa shape index (κ1) is 16.5. The highest BCUT2D eigenvalue weighted by atomic mass is 35.5. The average molecular weight is 316 g/mol. The van der Waals surface area contributed by atoms with E-state index in [0.717, 1.165) is 24.3 Å². The van der Waals surface area contributed by atoms with Crippen LogP contribution in [0, 0.1) is 5.92 Å². The molecule has 1 aromatic rings. The molecule has 8 heteroatoms. The third-order valence-corrected chi connectivity index (χ3v) is 3.69. The van der Waals surface area contributed by atoms with Crippen molar-refractivity contribution < 1.29 is 13.2 Å². The summed E-state index contributed by atoms with van der Waals surface area (Å²) in [6.45, 7) is 1.31. The topological polar surface area (TPSA) is 42.1 Å². The van der Waals surface area contributed by atoms with Crippen LogP contribution in [0.3, 0.4) is 0 Å². The van der Waals surface area contributed by atoms with Crippen LogP contribution in [0.5, 0.6) is 0 Å². The fourth-order valence-electron chi connectivity index (χ4n) is 1.80. The van der Waals surface area contributed by atoms with E-state index in [1.807, 2.05) is 4.90 Å². The molecule has 2 N–H and O–H groups in total. The first-order valence-electron chi connectivity index (χ1n) is 5.91. The van der Waals surface area contributed by atoms with Crippen LogP contribution in [0.2, 0.25) is 0 Å². The second-order valence-electron chi connectivity index (χ2n) is 4.71. The van der Waals surface area contributed by atoms with Crippen molar-refractivity contribution in [1.82, 2.24) is 9.88 Å². The number of rotatable bonds is 6. The van der Waals surface area contributed by atoms with Gasteiger partial charge in [-0.05, 0) is 18.8 Å². The summed E-state index contributed by atoms with van der Waals surface area (Å²) < 4.78 is 36.8. The Morgan fingerprint density at radius 1 is 1.42 bits per heavy atom. The molecule has 0 atom stereocenters. The largest absolute Gasteiger partial charge is 0.390 e. The Labute approximate surface area is 120 Å². The van der Waals surface area contributed by atoms with Crippen molar-refractivity contribution in [1.29, 1.82) is 0 Å². The van der Waals surface area contributed by atoms with Crippen LogP contribution in [0.25, 0.3) is 0 Å². The number of nitrogen functional groups attached to an aromatic ring is 1. The van der Waals surface area contributed by atoms with Crippen molar-refractivity contribution in [3.8, 4) is 0 Å². The molecule has 0 saturated heterocycles. The maximum absolute atomic E-state index is 12.3. The van der Waals surface area contributed by atoms with Crippen LogP contribution in [0.15, 0.2) is 6.20 Å². The first-order chi connectivity index (χ1) is 8.42. The van der Waals surface area contributed by atoms with E-state index in [1.165, 1.54) is 11.3 Å². The van der Waals surface area contributed by atoms with Gasteiger partial charge in [-0.15, -0.1) is 23.7 Å². The van der Waals surface area contributed by atoms with Gasteiger partial charge in [0, 0.05) is 30.7 Å². The zero-order valence-corrected chi connectivity index (χ0v) is 12.0. The van der Waals surface area contributed by atoms with Crippen molar-refractivity contribution in [2.75, 3.05) is 18.8 Å². The van der Waals surface area contributed by atoms with Gasteiger partial charge in [-0.2, -0.15) is 13.2 Å². The van der Waals surface area contributed by atoms with Crippen LogP contribution < -0.4 is 5.73 Å². The van der Waals surface area contributed by atoms with Gasteiger partial charge in [0.15, 0.2) is 5.13 Å². The number of halogens is 4. The van der Waals surface area contributed by atoms with Gasteiger partial charge >= 0.3 is 6.18 Å². The molecule has 0 spiro atoms. The normalized spacial score (nSPS) is 15.6. The van der Waals surface area contributed by atoms with Crippen molar-refractivity contribution in [2.24, 2.45) is 5.92 Å². The van der Waals surface area contributed by atoms with Crippen LogP contribution >= 0.6 is 23.7 Å². The van der Waals surface area contributed by atoms with Crippen molar-refractivity contribution in [3.63, 3.8) is 0 Å². The van der Waals surface area contributed by atoms with E-state index in [4.69, 9.17) is 5.73 Å². The van der Waals surface area contributed by atoms with E-state index in [1.54, 1.807) is 6.20 Å². The standard InChI is InChI=1S/C11H16F3N3S.ClH/c12-11(13,14)3-4-17(6-8-1-2-8)7-9-5-16-10(15)18-9;/h5,8H,1-4,6-7H2,(H2,15,16);1H. The number of aromatic nitrogens is 1. The highest BCUT2D eigenvalue weighted by molar-refractivity contribution is 7.15. The van der Waals surface area contributed by atoms with Gasteiger partial charge in [0.1, 0.15) is 0 Å². The minimum Gasteiger partial charge on any atom is -0.375 e. The molecule has 1 aromatic heterocycles. The van der Waals surface area contributed by atoms with Crippen molar-refractivity contribution in [2.45, 2.75) is 32.0 Å². The molecule has 0 radical (unpaired) electrons. The van der Waals surface area contributed by atoms with Crippen molar-refractivity contribution >= 4 is 28.9 Å². The minimum absolute atomic E-state index is 0. The summed E-state index contributed by atoms with van der Waals surface area (Å²) in [6, 6.07) is 0. The number of nitrogens with two attached hydrogens (primary N) is 1. The zero-order chi connectivity index (χ0) is 13.2. The fourth-order valence-corrected chi connectivity index (χ4v) is 2.53. The molecule has 2 rings (SSSR count). The van der Waals surface area contributed by atoms with Crippen LogP contribution in [0.1, 0.15) is 24.1 Å². The summed E-state index contributed by atoms with van der Waals surface area (Å²) in [5.74, 6) is 0.573. The molecule has 3 nitrogen and oxygen atoms in total. The summed E-state index contributed by atoms with van der Waals surface area (Å²) in [4.78, 5) is 6.71. The van der Waals surface area contributed by atoms with Crippen LogP contribution in [-0.2, 0) is 6.54 Å². The Morgan fingerprint density at radius 3 is 2.58 bits per heavy atom. The van der Waals surface area contributed by atoms with E-state index >= 15 is 0 Å². The molecule has 1 aliphatic rings. The lowest BCUT2D eigenvalue weighted by Gasteiger charge is -2.22. The Hall–Kier alpha value is -0.530. The third kappa shape index (κ3) is 6.44. The van der Waals surface area contributed by atoms with E-state index in [0.29, 0.717) is 17.6 Å². The predicted octanol–water partition coefficient (Wildman–Crippen LogP) is 3.31. The number of thiazole rings is 1. The monoisotopic (exact) mass is 315 g/mol. The fraction of sp³-hybridized carbons (Fsp3) is 0.727. The number of hydrogen-bond acceptors (Lipinski definition) is 4. The lowest BCUT2D eigenvalue weighted by Crippen LogP contribution is -2.29. The second-order valence-corrected chi connectivity index (χ2v) is 5.86. The van der Waals surface area contributed by atoms with Gasteiger partial charge in [0.2, 0.25) is 0 Å². The third-order valence-electron chi connectivity index (χ3n) is 2.88. The lowest BCUT2D eigenvalue weighted by atomic mass is 10.3. The summed E-state index contributed by atoms with van der Waals surface area (Å²) in [7, 11) is 0. The molecule has 1 saturated carbocycles. The predicted molar refractivity (Wildman–Crippen MR) is 72.4 cm³/mol. The minimum atomic E-state index is -4.09. The van der Waals surface area contributed by atoms with E-state index in [-0.39, 0.29) is 19.0 Å². The summed E-state index contributed by atoms with van der Waals surface area (Å²) in [6.07, 6.45) is -0.934. The van der Waals surface area contributed by atoms with Gasteiger partial charge in [-0.1, -0.05) is 0 Å². The Kier molecular flexibility index (Phi) is 5.88. The van der Waals surface area contributed by atoms with Gasteiger partial charge < -0.3 is 5.73 Å². The van der Waals surface area contributed by atoms with E-state index < -0.39 is 12.6 Å². The molecule has 0 bridgehead atoms. The number of nitrogens with zero attached hydrogens (tertiary/aromatic N) is 2. The number of anilines is 1. The highest BCUT2D eigenvalue weighted by Crippen LogP contribution is 2.31. The molecular weight excluding hydrogens is 299 g/mol. The molecule has 1 aliphatic carbocycles. The molecule has 0 aromatic carbocycles. The van der Waals surface area contributed by atoms with Gasteiger partial charge in [0.25, 0.3) is 0 Å². The number of alkyl halides is 3. The molecule has 110 valence electrons. The Balaban J connectivity index is 0.00000180. The van der Waals surface area contributed by atoms with Crippen LogP contribution in [-0.4, -0.2) is 29.1 Å². The second kappa shape index (κ2) is 6.76. The van der Waals surface area contributed by atoms with Gasteiger partial charge in [-0.3, -0.25) is 4.90 Å². The highest BCUT2D eigenvalue weighted by Gasteiger charge is 2.30. The summed E-state index contributed by atoms with van der Waals surface area (Å²) >= 11 is 1.34. The molecule has 1 fully saturated rings. The van der Waals surface area contributed by atoms with E-state index in [9.17, 15) is 13.2 Å².